The molecule has 1 aromatic carbocycles. The number of halogens is 1. The molecule has 10 heavy (non-hydrogen) atoms. The average Bonchev–Trinajstić information content (AvgIpc) is 1.69. The van der Waals surface area contributed by atoms with E-state index in [1.165, 1.54) is 12.1 Å². The highest BCUT2D eigenvalue weighted by atomic mass is 35.5. The van der Waals surface area contributed by atoms with Gasteiger partial charge in [-0.2, -0.15) is 0 Å². The molecule has 3 nitrogen and oxygen atoms in total. The first-order valence-electron chi connectivity index (χ1n) is 2.11. The first kappa shape index (κ1) is 16.1. The molecule has 1 rings (SSSR count). The van der Waals surface area contributed by atoms with E-state index in [2.05, 4.69) is 0 Å². The molecule has 0 heterocycles. The lowest BCUT2D eigenvalue weighted by Crippen LogP contribution is -3.00. The Labute approximate surface area is 66.7 Å². The van der Waals surface area contributed by atoms with Crippen LogP contribution in [-0.4, -0.2) is 0 Å². The van der Waals surface area contributed by atoms with E-state index in [4.69, 9.17) is 0 Å². The molecule has 0 amide bonds. The van der Waals surface area contributed by atoms with Gasteiger partial charge in [0.1, 0.15) is 0 Å². The molecule has 0 aromatic heterocycles. The van der Waals surface area contributed by atoms with Gasteiger partial charge in [-0.3, -0.25) is 0 Å². The van der Waals surface area contributed by atoms with Crippen molar-refractivity contribution in [3.8, 4) is 5.75 Å². The molecule has 1 aromatic rings. The lowest BCUT2D eigenvalue weighted by atomic mass is 10.3. The summed E-state index contributed by atoms with van der Waals surface area (Å²) in [5.74, 6) is 0.0718. The minimum Gasteiger partial charge on any atom is -1.00 e. The van der Waals surface area contributed by atoms with E-state index in [0.29, 0.717) is 0 Å². The highest BCUT2D eigenvalue weighted by Gasteiger charge is 1.64. The highest BCUT2D eigenvalue weighted by Crippen LogP contribution is 1.98. The Morgan fingerprint density at radius 1 is 0.900 bits per heavy atom. The highest BCUT2D eigenvalue weighted by molar-refractivity contribution is 5.17. The van der Waals surface area contributed by atoms with Crippen molar-refractivity contribution in [1.29, 1.82) is 0 Å². The summed E-state index contributed by atoms with van der Waals surface area (Å²) in [7, 11) is 0. The van der Waals surface area contributed by atoms with Crippen molar-refractivity contribution in [2.75, 3.05) is 0 Å². The smallest absolute Gasteiger partial charge is 0.0623 e. The molecule has 0 saturated carbocycles. The van der Waals surface area contributed by atoms with E-state index in [-0.39, 0.29) is 30.5 Å². The monoisotopic (exact) mass is 164 g/mol. The normalized spacial score (nSPS) is 6.00. The van der Waals surface area contributed by atoms with Crippen molar-refractivity contribution < 1.29 is 17.5 Å². The summed E-state index contributed by atoms with van der Waals surface area (Å²) < 4.78 is 0. The predicted octanol–water partition coefficient (Wildman–Crippen LogP) is -1.48. The van der Waals surface area contributed by atoms with Crippen molar-refractivity contribution in [2.45, 2.75) is 0 Å². The molecule has 0 aliphatic carbocycles. The molecule has 0 aliphatic heterocycles. The quantitative estimate of drug-likeness (QED) is 0.481. The van der Waals surface area contributed by atoms with Gasteiger partial charge in [0.05, 0.1) is 0 Å². The van der Waals surface area contributed by atoms with Gasteiger partial charge in [-0.05, 0) is 0 Å². The van der Waals surface area contributed by atoms with Gasteiger partial charge in [0, 0.05) is 0 Å². The number of rotatable bonds is 0. The Hall–Kier alpha value is -0.770. The van der Waals surface area contributed by atoms with Gasteiger partial charge in [-0.1, -0.05) is 30.3 Å². The molecule has 0 aliphatic rings. The molecule has 0 bridgehead atoms. The summed E-state index contributed by atoms with van der Waals surface area (Å²) in [6, 6.07) is 8.33. The standard InChI is InChI=1S/C6H6O.ClH.2H3N/c7-6-4-2-1-3-5-6;;;/h1-5,7H;1H;2*1H3. The van der Waals surface area contributed by atoms with Crippen molar-refractivity contribution in [1.82, 2.24) is 12.3 Å². The van der Waals surface area contributed by atoms with Crippen molar-refractivity contribution >= 4 is 0 Å². The Balaban J connectivity index is -0.000000163. The van der Waals surface area contributed by atoms with Crippen molar-refractivity contribution in [2.24, 2.45) is 0 Å². The third-order valence-corrected chi connectivity index (χ3v) is 0.743. The van der Waals surface area contributed by atoms with Crippen LogP contribution in [0.25, 0.3) is 0 Å². The second kappa shape index (κ2) is 8.23. The van der Waals surface area contributed by atoms with Gasteiger partial charge in [0.15, 0.2) is 0 Å². The molecule has 0 radical (unpaired) electrons. The largest absolute Gasteiger partial charge is 1.00 e. The zero-order valence-corrected chi connectivity index (χ0v) is 6.93. The van der Waals surface area contributed by atoms with Gasteiger partial charge in [0.25, 0.3) is 0 Å². The average molecular weight is 165 g/mol. The van der Waals surface area contributed by atoms with Gasteiger partial charge in [0.2, 0.25) is 0 Å². The maximum atomic E-state index is 10.3. The SMILES string of the molecule is [Cl-].[NH4+].[NH4+].[O-]c1ccccc1. The molecule has 0 unspecified atom stereocenters. The Morgan fingerprint density at radius 2 is 1.30 bits per heavy atom. The lowest BCUT2D eigenvalue weighted by Gasteiger charge is -1.98. The molecule has 60 valence electrons. The minimum absolute atomic E-state index is 0. The minimum atomic E-state index is 0. The number of benzene rings is 1. The zero-order valence-electron chi connectivity index (χ0n) is 6.17. The van der Waals surface area contributed by atoms with Crippen LogP contribution >= 0.6 is 0 Å². The van der Waals surface area contributed by atoms with E-state index >= 15 is 0 Å². The van der Waals surface area contributed by atoms with Gasteiger partial charge in [-0.15, -0.1) is 5.75 Å². The van der Waals surface area contributed by atoms with Crippen LogP contribution in [0.2, 0.25) is 0 Å². The first-order valence-corrected chi connectivity index (χ1v) is 2.11. The zero-order chi connectivity index (χ0) is 5.11. The maximum Gasteiger partial charge on any atom is -0.0623 e. The fourth-order valence-electron chi connectivity index (χ4n) is 0.420. The van der Waals surface area contributed by atoms with Crippen LogP contribution in [0.5, 0.6) is 5.75 Å². The third-order valence-electron chi connectivity index (χ3n) is 0.743. The third kappa shape index (κ3) is 5.37. The molecule has 0 saturated heterocycles. The van der Waals surface area contributed by atoms with Crippen LogP contribution < -0.4 is 29.8 Å². The Bertz CT molecular complexity index is 146. The van der Waals surface area contributed by atoms with Crippen LogP contribution in [0.4, 0.5) is 0 Å². The van der Waals surface area contributed by atoms with Gasteiger partial charge in [-0.25, -0.2) is 0 Å². The Morgan fingerprint density at radius 3 is 1.50 bits per heavy atom. The van der Waals surface area contributed by atoms with Crippen molar-refractivity contribution in [3.63, 3.8) is 0 Å². The maximum absolute atomic E-state index is 10.3. The summed E-state index contributed by atoms with van der Waals surface area (Å²) >= 11 is 0. The van der Waals surface area contributed by atoms with Crippen LogP contribution in [0.15, 0.2) is 30.3 Å². The van der Waals surface area contributed by atoms with E-state index in [1.54, 1.807) is 12.1 Å². The molecule has 4 heteroatoms. The van der Waals surface area contributed by atoms with Crippen LogP contribution in [0.1, 0.15) is 0 Å². The Kier molecular flexibility index (Phi) is 13.3. The van der Waals surface area contributed by atoms with Crippen LogP contribution in [0.3, 0.4) is 0 Å². The number of hydrogen-bond acceptors (Lipinski definition) is 1. The fraction of sp³-hybridized carbons (Fsp3) is 0. The summed E-state index contributed by atoms with van der Waals surface area (Å²) in [4.78, 5) is 0. The molecule has 8 N–H and O–H groups in total. The lowest BCUT2D eigenvalue weighted by molar-refractivity contribution is -0.268. The topological polar surface area (TPSA) is 96.1 Å². The molecule has 0 fully saturated rings. The number of para-hydroxylation sites is 1. The van der Waals surface area contributed by atoms with Crippen LogP contribution in [-0.2, 0) is 0 Å². The number of hydrogen-bond donors (Lipinski definition) is 2. The van der Waals surface area contributed by atoms with Gasteiger partial charge >= 0.3 is 0 Å². The van der Waals surface area contributed by atoms with E-state index in [1.807, 2.05) is 6.07 Å². The molecular weight excluding hydrogens is 152 g/mol. The fourth-order valence-corrected chi connectivity index (χ4v) is 0.420. The summed E-state index contributed by atoms with van der Waals surface area (Å²) in [5, 5.41) is 10.3. The van der Waals surface area contributed by atoms with Crippen molar-refractivity contribution in [3.05, 3.63) is 30.3 Å². The van der Waals surface area contributed by atoms with E-state index in [0.717, 1.165) is 0 Å². The molecule has 0 atom stereocenters. The summed E-state index contributed by atoms with van der Waals surface area (Å²) in [6.07, 6.45) is 0. The molecule has 0 spiro atoms. The van der Waals surface area contributed by atoms with Crippen LogP contribution in [0, 0.1) is 0 Å². The van der Waals surface area contributed by atoms with Gasteiger partial charge < -0.3 is 29.8 Å². The summed E-state index contributed by atoms with van der Waals surface area (Å²) in [6.45, 7) is 0. The van der Waals surface area contributed by atoms with E-state index in [9.17, 15) is 5.11 Å². The number of quaternary nitrogens is 2. The predicted molar refractivity (Wildman–Crippen MR) is 37.9 cm³/mol. The molecular formula is C6H13ClN2O. The van der Waals surface area contributed by atoms with E-state index < -0.39 is 0 Å². The first-order chi connectivity index (χ1) is 3.39. The second-order valence-corrected chi connectivity index (χ2v) is 1.31. The summed E-state index contributed by atoms with van der Waals surface area (Å²) in [5.41, 5.74) is 0. The second-order valence-electron chi connectivity index (χ2n) is 1.31.